The number of halogens is 4. The van der Waals surface area contributed by atoms with E-state index in [1.54, 1.807) is 60.7 Å². The third kappa shape index (κ3) is 60.1. The minimum Gasteiger partial charge on any atom is -1.00 e. The molecule has 9 rings (SSSR count). The van der Waals surface area contributed by atoms with Gasteiger partial charge in [0, 0.05) is 98.8 Å². The number of carbonyl (C=O) groups excluding carboxylic acids is 10. The first kappa shape index (κ1) is 143. The Kier molecular flexibility index (Phi) is 75.2. The number of methoxy groups -OCH3 is 7. The van der Waals surface area contributed by atoms with E-state index in [2.05, 4.69) is 103 Å². The van der Waals surface area contributed by atoms with E-state index >= 15 is 0 Å². The number of hydrogen-bond acceptors (Lipinski definition) is 31. The molecule has 0 amide bonds. The number of hydrogen-bond donors (Lipinski definition) is 7. The van der Waals surface area contributed by atoms with Gasteiger partial charge in [-0.2, -0.15) is 0 Å². The number of benzene rings is 7. The van der Waals surface area contributed by atoms with Crippen LogP contribution in [-0.2, 0) is 72.2 Å². The van der Waals surface area contributed by atoms with Gasteiger partial charge in [-0.15, -0.1) is 29.5 Å². The average molecular weight is 2460 g/mol. The summed E-state index contributed by atoms with van der Waals surface area (Å²) in [6.45, 7) is 30.2. The molecule has 2 aliphatic heterocycles. The third-order valence-corrected chi connectivity index (χ3v) is 21.0. The fourth-order valence-corrected chi connectivity index (χ4v) is 13.0. The van der Waals surface area contributed by atoms with Crippen LogP contribution in [0.2, 0.25) is 58.9 Å². The first-order chi connectivity index (χ1) is 62.9. The smallest absolute Gasteiger partial charge is 1.00 e. The van der Waals surface area contributed by atoms with Crippen LogP contribution in [-0.4, -0.2) is 210 Å². The Balaban J connectivity index is -0.000000234. The monoisotopic (exact) mass is 2460 g/mol. The molecule has 2 fully saturated rings. The Labute approximate surface area is 904 Å². The fourth-order valence-electron chi connectivity index (χ4n) is 9.33. The molecule has 0 bridgehead atoms. The summed E-state index contributed by atoms with van der Waals surface area (Å²) in [4.78, 5) is 127. The van der Waals surface area contributed by atoms with E-state index in [1.165, 1.54) is 128 Å². The number of carboxylic acid groups (broad SMARTS) is 2. The van der Waals surface area contributed by atoms with Crippen LogP contribution in [0, 0.1) is 61.5 Å². The molecule has 2 heterocycles. The molecule has 0 atom stereocenters. The molecule has 7 aromatic carbocycles. The summed E-state index contributed by atoms with van der Waals surface area (Å²) < 4.78 is 72.3. The number of esters is 6. The van der Waals surface area contributed by atoms with Gasteiger partial charge >= 0.3 is 71.3 Å². The Morgan fingerprint density at radius 2 is 0.707 bits per heavy atom. The van der Waals surface area contributed by atoms with E-state index < -0.39 is 77.8 Å². The molecule has 0 spiro atoms. The number of aliphatic carboxylic acids is 2. The van der Waals surface area contributed by atoms with E-state index in [1.807, 2.05) is 90.4 Å². The van der Waals surface area contributed by atoms with Gasteiger partial charge in [0.1, 0.15) is 55.8 Å². The SMILES string of the molecule is C.C.C.C#C[Si](C)(C)C.C#Cc1cc(CO)cc(OC)c1OC(C)=O.C1CCOC1.CC(=O)O.CC1(C)OC(=O)CC(=O)O1.COc1cc(C=O)cc(C#C[Si](C)(C)C)c1OC(C)=O.COc1cc(C=O)cc(I)c1O.COc1cc(C=O)cc(I)c1O.COc1cc(C=O)cc(I)c1OC(C)=O.COc1cc(CCC(=O)O)cc(I)c1O.COc1cc(CO)cc(C#C[Si](C)(C)C)c1OC(C)=O.[B].[H-].[Na+]. The van der Waals surface area contributed by atoms with Gasteiger partial charge in [-0.3, -0.25) is 57.5 Å². The summed E-state index contributed by atoms with van der Waals surface area (Å²) in [6, 6.07) is 22.3. The second kappa shape index (κ2) is 73.8. The number of aryl methyl sites for hydroxylation is 1. The van der Waals surface area contributed by atoms with Crippen LogP contribution in [0.5, 0.6) is 80.5 Å². The van der Waals surface area contributed by atoms with Gasteiger partial charge in [-0.25, -0.2) is 0 Å². The van der Waals surface area contributed by atoms with Crippen molar-refractivity contribution in [2.24, 2.45) is 0 Å². The number of aromatic hydroxyl groups is 3. The van der Waals surface area contributed by atoms with Crippen molar-refractivity contribution in [1.82, 2.24) is 0 Å². The van der Waals surface area contributed by atoms with Gasteiger partial charge < -0.3 is 103 Å². The van der Waals surface area contributed by atoms with Gasteiger partial charge in [0.15, 0.2) is 80.5 Å². The van der Waals surface area contributed by atoms with Crippen LogP contribution in [0.3, 0.4) is 0 Å². The largest absolute Gasteiger partial charge is 1.00 e. The van der Waals surface area contributed by atoms with E-state index in [0.29, 0.717) is 148 Å². The Morgan fingerprint density at radius 3 is 0.986 bits per heavy atom. The zero-order valence-corrected chi connectivity index (χ0v) is 94.4. The average Bonchev–Trinajstić information content (AvgIpc) is 0.895. The molecule has 3 radical (unpaired) electrons. The predicted octanol–water partition coefficient (Wildman–Crippen LogP) is 15.0. The minimum atomic E-state index is -1.59. The summed E-state index contributed by atoms with van der Waals surface area (Å²) in [5.74, 6) is 6.64. The number of terminal acetylenes is 2. The first-order valence-electron chi connectivity index (χ1n) is 39.8. The maximum absolute atomic E-state index is 11.2. The molecule has 0 unspecified atom stereocenters. The van der Waals surface area contributed by atoms with Gasteiger partial charge in [0.2, 0.25) is 0 Å². The normalized spacial score (nSPS) is 10.9. The maximum atomic E-state index is 11.2. The molecule has 0 aliphatic carbocycles. The standard InChI is InChI=1S/C15H20O4Si.C15H18O4Si.C12H12O4.C10H9IO4.C10H11IO4.2C8H7IO3.C6H8O4.C5H10Si.C4H8O.C2H4O2.3CH4.B.Na.H/c2*1-11(17)19-15-13(6-7-20(3,4)5)8-12(10-16)9-14(15)18-2;1-4-10-5-9(7-13)6-11(15-3)12(10)16-8(2)14;1-6(13)15-10-8(11)3-7(5-12)4-9(10)14-2;1-15-8-5-6(2-3-9(12)13)4-7(11)10(8)14;2*1-12-7-3-5(4-10)2-6(9)8(7)11;1-6(2)9-4(7)3-5(8)10-6;1-5-6(2,3)4;1-2-4-5-3-1;1-2(3)4;;;;;;/h8-9,16H,10H2,1-5H3;8-10H,1-5H3;1,5-6,13H,7H2,2-3H3;3-5H,1-2H3;4-5,14H,2-3H2,1H3,(H,12,13);2*2-4,11H,1H3;3H2,1-2H3;1H,2-4H3;1-4H2;1H3,(H,3,4);3*1H4;;;/q;;;;;;;;;;;;;;;+1;-1. The van der Waals surface area contributed by atoms with Gasteiger partial charge in [0.05, 0.1) is 94.0 Å². The van der Waals surface area contributed by atoms with Crippen LogP contribution in [0.15, 0.2) is 84.9 Å². The number of aldehydes is 4. The van der Waals surface area contributed by atoms with Gasteiger partial charge in [-0.05, 0) is 211 Å². The predicted molar refractivity (Wildman–Crippen MR) is 573 cm³/mol. The van der Waals surface area contributed by atoms with Gasteiger partial charge in [0.25, 0.3) is 11.8 Å². The molecule has 7 aromatic rings. The number of carboxylic acids is 2. The first-order valence-corrected chi connectivity index (χ1v) is 54.6. The Bertz CT molecular complexity index is 5370. The number of aliphatic hydroxyl groups is 2. The van der Waals surface area contributed by atoms with Crippen LogP contribution in [0.25, 0.3) is 0 Å². The van der Waals surface area contributed by atoms with Crippen molar-refractivity contribution < 1.29 is 191 Å². The van der Waals surface area contributed by atoms with E-state index in [9.17, 15) is 73.2 Å². The molecule has 761 valence electrons. The van der Waals surface area contributed by atoms with Crippen molar-refractivity contribution in [2.45, 2.75) is 181 Å². The molecule has 33 nitrogen and oxygen atoms in total. The molecule has 0 saturated carbocycles. The van der Waals surface area contributed by atoms with Crippen molar-refractivity contribution in [2.75, 3.05) is 63.0 Å². The van der Waals surface area contributed by atoms with Crippen molar-refractivity contribution in [3.63, 3.8) is 0 Å². The second-order valence-electron chi connectivity index (χ2n) is 30.7. The quantitative estimate of drug-likeness (QED) is 0.00709. The van der Waals surface area contributed by atoms with Crippen molar-refractivity contribution in [3.05, 3.63) is 155 Å². The fraction of sp³-hybridized carbons (Fsp3) is 0.367. The van der Waals surface area contributed by atoms with Crippen LogP contribution in [0.1, 0.15) is 173 Å². The topological polar surface area (TPSA) is 476 Å². The number of ether oxygens (including phenoxy) is 14. The maximum Gasteiger partial charge on any atom is 1.00 e. The zero-order valence-electron chi connectivity index (χ0n) is 81.7. The number of carbonyl (C=O) groups is 12. The summed E-state index contributed by atoms with van der Waals surface area (Å²) in [5.41, 5.74) is 14.6. The van der Waals surface area contributed by atoms with Crippen LogP contribution >= 0.6 is 90.4 Å². The molecule has 2 saturated heterocycles. The van der Waals surface area contributed by atoms with Crippen molar-refractivity contribution in [3.8, 4) is 128 Å². The third-order valence-electron chi connectivity index (χ3n) is 15.2. The molecule has 0 aromatic heterocycles. The minimum absolute atomic E-state index is 0. The van der Waals surface area contributed by atoms with Gasteiger partial charge in [-0.1, -0.05) is 99.0 Å². The van der Waals surface area contributed by atoms with Crippen molar-refractivity contribution in [1.29, 1.82) is 0 Å². The number of phenolic OH excluding ortho intramolecular Hbond substituents is 3. The molecule has 7 N–H and O–H groups in total. The Morgan fingerprint density at radius 1 is 0.436 bits per heavy atom. The van der Waals surface area contributed by atoms with E-state index in [0.717, 1.165) is 25.7 Å². The number of phenols is 3. The second-order valence-corrected chi connectivity index (χ2v) is 49.6. The molecular formula is C98H127BI4NaO33Si3. The number of cyclic esters (lactones) is 2. The molecule has 2 aliphatic rings. The van der Waals surface area contributed by atoms with Crippen LogP contribution < -0.4 is 81.7 Å². The summed E-state index contributed by atoms with van der Waals surface area (Å²) in [6.07, 6.45) is 16.0. The number of rotatable bonds is 20. The van der Waals surface area contributed by atoms with E-state index in [-0.39, 0.29) is 116 Å². The molecule has 42 heteroatoms. The summed E-state index contributed by atoms with van der Waals surface area (Å²) in [5, 5.41) is 62.5. The molecular weight excluding hydrogens is 2330 g/mol. The zero-order chi connectivity index (χ0) is 104. The number of aliphatic hydroxyl groups excluding tert-OH is 2. The van der Waals surface area contributed by atoms with Crippen LogP contribution in [0.4, 0.5) is 0 Å². The summed E-state index contributed by atoms with van der Waals surface area (Å²) >= 11 is 7.82. The Hall–Kier alpha value is -10.3. The van der Waals surface area contributed by atoms with Crippen molar-refractivity contribution >= 4 is 196 Å². The van der Waals surface area contributed by atoms with E-state index in [4.69, 9.17) is 89.8 Å². The molecule has 140 heavy (non-hydrogen) atoms. The summed E-state index contributed by atoms with van der Waals surface area (Å²) in [7, 11) is 5.92.